The molecule has 1 aliphatic rings. The topological polar surface area (TPSA) is 51.0 Å². The van der Waals surface area contributed by atoms with Gasteiger partial charge in [-0.1, -0.05) is 19.1 Å². The number of pyridine rings is 1. The van der Waals surface area contributed by atoms with Crippen LogP contribution in [0.3, 0.4) is 0 Å². The van der Waals surface area contributed by atoms with Crippen LogP contribution in [0.25, 0.3) is 11.2 Å². The van der Waals surface area contributed by atoms with E-state index < -0.39 is 0 Å². The second kappa shape index (κ2) is 7.47. The molecule has 3 heterocycles. The first-order valence-electron chi connectivity index (χ1n) is 9.49. The maximum absolute atomic E-state index is 13.4. The number of aryl methyl sites for hydroxylation is 1. The van der Waals surface area contributed by atoms with Crippen molar-refractivity contribution in [2.75, 3.05) is 13.1 Å². The number of carbonyl (C=O) groups is 1. The van der Waals surface area contributed by atoms with Crippen molar-refractivity contribution >= 4 is 17.1 Å². The Hall–Kier alpha value is -2.76. The first-order valence-corrected chi connectivity index (χ1v) is 9.49. The van der Waals surface area contributed by atoms with Crippen molar-refractivity contribution in [3.05, 3.63) is 59.8 Å². The fourth-order valence-corrected chi connectivity index (χ4v) is 3.86. The first kappa shape index (κ1) is 17.6. The monoisotopic (exact) mass is 366 g/mol. The van der Waals surface area contributed by atoms with Gasteiger partial charge in [-0.3, -0.25) is 4.79 Å². The van der Waals surface area contributed by atoms with E-state index in [1.807, 2.05) is 17.0 Å². The Morgan fingerprint density at radius 1 is 1.30 bits per heavy atom. The summed E-state index contributed by atoms with van der Waals surface area (Å²) < 4.78 is 15.5. The van der Waals surface area contributed by atoms with Gasteiger partial charge in [0.2, 0.25) is 5.91 Å². The van der Waals surface area contributed by atoms with Crippen LogP contribution < -0.4 is 0 Å². The summed E-state index contributed by atoms with van der Waals surface area (Å²) in [7, 11) is 0. The molecule has 1 aromatic carbocycles. The number of benzene rings is 1. The van der Waals surface area contributed by atoms with Crippen LogP contribution >= 0.6 is 0 Å². The smallest absolute Gasteiger partial charge is 0.227 e. The number of likely N-dealkylation sites (tertiary alicyclic amines) is 1. The van der Waals surface area contributed by atoms with E-state index in [1.54, 1.807) is 18.3 Å². The maximum Gasteiger partial charge on any atom is 0.227 e. The third-order valence-corrected chi connectivity index (χ3v) is 5.13. The number of hydrogen-bond donors (Lipinski definition) is 0. The average Bonchev–Trinajstić information content (AvgIpc) is 3.27. The minimum atomic E-state index is -0.305. The lowest BCUT2D eigenvalue weighted by molar-refractivity contribution is -0.129. The Balaban J connectivity index is 1.52. The molecule has 0 unspecified atom stereocenters. The van der Waals surface area contributed by atoms with Crippen LogP contribution in [-0.4, -0.2) is 38.4 Å². The number of aromatic nitrogens is 3. The predicted octanol–water partition coefficient (Wildman–Crippen LogP) is 3.54. The molecule has 0 N–H and O–H groups in total. The summed E-state index contributed by atoms with van der Waals surface area (Å²) in [4.78, 5) is 23.8. The molecule has 0 saturated carbocycles. The number of halogens is 1. The second-order valence-electron chi connectivity index (χ2n) is 7.10. The Morgan fingerprint density at radius 3 is 3.00 bits per heavy atom. The van der Waals surface area contributed by atoms with Crippen molar-refractivity contribution in [2.45, 2.75) is 38.6 Å². The van der Waals surface area contributed by atoms with Gasteiger partial charge in [0.05, 0.1) is 6.42 Å². The second-order valence-corrected chi connectivity index (χ2v) is 7.10. The summed E-state index contributed by atoms with van der Waals surface area (Å²) >= 11 is 0. The molecule has 1 saturated heterocycles. The zero-order chi connectivity index (χ0) is 18.8. The number of hydrogen-bond acceptors (Lipinski definition) is 3. The normalized spacial score (nSPS) is 17.0. The van der Waals surface area contributed by atoms with Crippen LogP contribution in [0.5, 0.6) is 0 Å². The molecule has 140 valence electrons. The summed E-state index contributed by atoms with van der Waals surface area (Å²) in [6.07, 6.45) is 3.92. The van der Waals surface area contributed by atoms with E-state index >= 15 is 0 Å². The molecule has 5 nitrogen and oxygen atoms in total. The zero-order valence-corrected chi connectivity index (χ0v) is 15.4. The van der Waals surface area contributed by atoms with Crippen LogP contribution in [0.1, 0.15) is 37.1 Å². The van der Waals surface area contributed by atoms with Gasteiger partial charge in [0.1, 0.15) is 17.2 Å². The standard InChI is InChI=1S/C21H23FN4O/c1-2-10-26-20(24-18-7-4-9-23-21(18)26)16-8-11-25(14-16)19(27)13-15-5-3-6-17(22)12-15/h3-7,9,12,16H,2,8,10-11,13-14H2,1H3/t16-/m1/s1. The Labute approximate surface area is 157 Å². The molecule has 0 spiro atoms. The number of nitrogens with zero attached hydrogens (tertiary/aromatic N) is 4. The molecule has 27 heavy (non-hydrogen) atoms. The molecular weight excluding hydrogens is 343 g/mol. The molecule has 6 heteroatoms. The highest BCUT2D eigenvalue weighted by Gasteiger charge is 2.31. The Bertz CT molecular complexity index is 968. The maximum atomic E-state index is 13.4. The number of imidazole rings is 1. The summed E-state index contributed by atoms with van der Waals surface area (Å²) in [5, 5.41) is 0. The van der Waals surface area contributed by atoms with E-state index in [1.165, 1.54) is 12.1 Å². The van der Waals surface area contributed by atoms with Gasteiger partial charge in [-0.2, -0.15) is 0 Å². The molecular formula is C21H23FN4O. The van der Waals surface area contributed by atoms with Gasteiger partial charge < -0.3 is 9.47 Å². The van der Waals surface area contributed by atoms with Crippen LogP contribution in [0.2, 0.25) is 0 Å². The third-order valence-electron chi connectivity index (χ3n) is 5.13. The summed E-state index contributed by atoms with van der Waals surface area (Å²) in [6.45, 7) is 4.38. The predicted molar refractivity (Wildman–Crippen MR) is 102 cm³/mol. The van der Waals surface area contributed by atoms with Crippen molar-refractivity contribution in [3.8, 4) is 0 Å². The van der Waals surface area contributed by atoms with Gasteiger partial charge >= 0.3 is 0 Å². The van der Waals surface area contributed by atoms with Crippen molar-refractivity contribution in [1.82, 2.24) is 19.4 Å². The fraction of sp³-hybridized carbons (Fsp3) is 0.381. The van der Waals surface area contributed by atoms with E-state index in [4.69, 9.17) is 4.98 Å². The molecule has 1 atom stereocenters. The lowest BCUT2D eigenvalue weighted by Gasteiger charge is -2.17. The van der Waals surface area contributed by atoms with E-state index in [0.29, 0.717) is 18.7 Å². The number of rotatable bonds is 5. The lowest BCUT2D eigenvalue weighted by Crippen LogP contribution is -2.30. The van der Waals surface area contributed by atoms with Gasteiger partial charge in [0.25, 0.3) is 0 Å². The van der Waals surface area contributed by atoms with Crippen molar-refractivity contribution in [1.29, 1.82) is 0 Å². The van der Waals surface area contributed by atoms with Crippen molar-refractivity contribution < 1.29 is 9.18 Å². The minimum absolute atomic E-state index is 0.0411. The fourth-order valence-electron chi connectivity index (χ4n) is 3.86. The highest BCUT2D eigenvalue weighted by atomic mass is 19.1. The van der Waals surface area contributed by atoms with E-state index in [9.17, 15) is 9.18 Å². The van der Waals surface area contributed by atoms with Gasteiger partial charge in [0, 0.05) is 31.7 Å². The van der Waals surface area contributed by atoms with Gasteiger partial charge in [-0.25, -0.2) is 14.4 Å². The van der Waals surface area contributed by atoms with Crippen LogP contribution in [0.15, 0.2) is 42.6 Å². The van der Waals surface area contributed by atoms with Crippen LogP contribution in [0, 0.1) is 5.82 Å². The Morgan fingerprint density at radius 2 is 2.19 bits per heavy atom. The quantitative estimate of drug-likeness (QED) is 0.694. The highest BCUT2D eigenvalue weighted by molar-refractivity contribution is 5.79. The number of amides is 1. The average molecular weight is 366 g/mol. The van der Waals surface area contributed by atoms with Crippen LogP contribution in [0.4, 0.5) is 4.39 Å². The summed E-state index contributed by atoms with van der Waals surface area (Å²) in [5.41, 5.74) is 2.54. The lowest BCUT2D eigenvalue weighted by atomic mass is 10.1. The SMILES string of the molecule is CCCn1c([C@@H]2CCN(C(=O)Cc3cccc(F)c3)C2)nc2cccnc21. The van der Waals surface area contributed by atoms with Gasteiger partial charge in [0.15, 0.2) is 5.65 Å². The van der Waals surface area contributed by atoms with Crippen molar-refractivity contribution in [2.24, 2.45) is 0 Å². The summed E-state index contributed by atoms with van der Waals surface area (Å²) in [6, 6.07) is 10.1. The summed E-state index contributed by atoms with van der Waals surface area (Å²) in [5.74, 6) is 0.966. The van der Waals surface area contributed by atoms with Gasteiger partial charge in [-0.15, -0.1) is 0 Å². The molecule has 2 aromatic heterocycles. The molecule has 1 fully saturated rings. The van der Waals surface area contributed by atoms with Gasteiger partial charge in [-0.05, 0) is 42.7 Å². The largest absolute Gasteiger partial charge is 0.342 e. The molecule has 0 aliphatic carbocycles. The van der Waals surface area contributed by atoms with Crippen molar-refractivity contribution in [3.63, 3.8) is 0 Å². The minimum Gasteiger partial charge on any atom is -0.342 e. The highest BCUT2D eigenvalue weighted by Crippen LogP contribution is 2.29. The molecule has 0 bridgehead atoms. The Kier molecular flexibility index (Phi) is 4.88. The third kappa shape index (κ3) is 3.56. The molecule has 3 aromatic rings. The number of carbonyl (C=O) groups excluding carboxylic acids is 1. The molecule has 1 aliphatic heterocycles. The van der Waals surface area contributed by atoms with E-state index in [-0.39, 0.29) is 24.1 Å². The molecule has 0 radical (unpaired) electrons. The van der Waals surface area contributed by atoms with Crippen LogP contribution in [-0.2, 0) is 17.8 Å². The number of fused-ring (bicyclic) bond motifs is 1. The van der Waals surface area contributed by atoms with E-state index in [0.717, 1.165) is 36.4 Å². The first-order chi connectivity index (χ1) is 13.2. The molecule has 4 rings (SSSR count). The van der Waals surface area contributed by atoms with E-state index in [2.05, 4.69) is 16.5 Å². The zero-order valence-electron chi connectivity index (χ0n) is 15.4. The molecule has 1 amide bonds.